The smallest absolute Gasteiger partial charge is 0.258 e. The van der Waals surface area contributed by atoms with E-state index in [4.69, 9.17) is 0 Å². The van der Waals surface area contributed by atoms with Gasteiger partial charge in [0.05, 0.1) is 0 Å². The topological polar surface area (TPSA) is 49.4 Å². The summed E-state index contributed by atoms with van der Waals surface area (Å²) >= 11 is 0. The van der Waals surface area contributed by atoms with Crippen LogP contribution in [0.1, 0.15) is 26.3 Å². The van der Waals surface area contributed by atoms with Gasteiger partial charge in [-0.15, -0.1) is 0 Å². The molecule has 0 fully saturated rings. The van der Waals surface area contributed by atoms with E-state index in [0.717, 1.165) is 5.56 Å². The molecule has 1 N–H and O–H groups in total. The van der Waals surface area contributed by atoms with Crippen LogP contribution in [0.3, 0.4) is 0 Å². The summed E-state index contributed by atoms with van der Waals surface area (Å²) in [4.78, 5) is 26.8. The Balaban J connectivity index is 1.74. The first kappa shape index (κ1) is 19.3. The van der Waals surface area contributed by atoms with Crippen LogP contribution in [0.5, 0.6) is 0 Å². The average molecular weight is 376 g/mol. The fourth-order valence-electron chi connectivity index (χ4n) is 2.79. The lowest BCUT2D eigenvalue weighted by molar-refractivity contribution is 0.0943. The Morgan fingerprint density at radius 1 is 0.857 bits per heavy atom. The van der Waals surface area contributed by atoms with Gasteiger partial charge >= 0.3 is 0 Å². The zero-order valence-corrected chi connectivity index (χ0v) is 15.6. The van der Waals surface area contributed by atoms with Crippen LogP contribution in [0.15, 0.2) is 78.9 Å². The predicted molar refractivity (Wildman–Crippen MR) is 108 cm³/mol. The van der Waals surface area contributed by atoms with E-state index in [1.807, 2.05) is 25.1 Å². The van der Waals surface area contributed by atoms with Gasteiger partial charge in [-0.3, -0.25) is 9.59 Å². The van der Waals surface area contributed by atoms with E-state index in [1.54, 1.807) is 48.5 Å². The number of benzene rings is 3. The molecule has 28 heavy (non-hydrogen) atoms. The second-order valence-corrected chi connectivity index (χ2v) is 6.42. The van der Waals surface area contributed by atoms with E-state index in [9.17, 15) is 14.0 Å². The van der Waals surface area contributed by atoms with Crippen LogP contribution in [-0.2, 0) is 0 Å². The highest BCUT2D eigenvalue weighted by atomic mass is 19.1. The first-order valence-corrected chi connectivity index (χ1v) is 9.02. The molecule has 3 aromatic rings. The number of rotatable bonds is 6. The molecule has 0 unspecified atom stereocenters. The molecule has 2 amide bonds. The van der Waals surface area contributed by atoms with Crippen molar-refractivity contribution < 1.29 is 14.0 Å². The summed E-state index contributed by atoms with van der Waals surface area (Å²) in [6.45, 7) is 2.48. The maximum absolute atomic E-state index is 13.3. The van der Waals surface area contributed by atoms with Crippen molar-refractivity contribution in [3.63, 3.8) is 0 Å². The molecule has 0 atom stereocenters. The van der Waals surface area contributed by atoms with Crippen LogP contribution in [-0.4, -0.2) is 24.9 Å². The third-order valence-electron chi connectivity index (χ3n) is 4.34. The van der Waals surface area contributed by atoms with Gasteiger partial charge in [-0.2, -0.15) is 0 Å². The van der Waals surface area contributed by atoms with Crippen molar-refractivity contribution in [1.82, 2.24) is 5.32 Å². The fourth-order valence-corrected chi connectivity index (χ4v) is 2.79. The molecule has 142 valence electrons. The number of amides is 2. The van der Waals surface area contributed by atoms with E-state index < -0.39 is 0 Å². The zero-order valence-electron chi connectivity index (χ0n) is 15.6. The number of carbonyl (C=O) groups excluding carboxylic acids is 2. The van der Waals surface area contributed by atoms with Crippen molar-refractivity contribution >= 4 is 17.5 Å². The van der Waals surface area contributed by atoms with Crippen LogP contribution in [0.25, 0.3) is 0 Å². The van der Waals surface area contributed by atoms with E-state index in [-0.39, 0.29) is 30.7 Å². The first-order valence-electron chi connectivity index (χ1n) is 9.02. The fraction of sp³-hybridized carbons (Fsp3) is 0.130. The summed E-state index contributed by atoms with van der Waals surface area (Å²) in [7, 11) is 0. The van der Waals surface area contributed by atoms with Crippen molar-refractivity contribution in [3.05, 3.63) is 101 Å². The Hall–Kier alpha value is -3.47. The van der Waals surface area contributed by atoms with Gasteiger partial charge in [0, 0.05) is 29.9 Å². The number of nitrogens with one attached hydrogen (secondary N) is 1. The van der Waals surface area contributed by atoms with Crippen LogP contribution < -0.4 is 10.2 Å². The van der Waals surface area contributed by atoms with Crippen LogP contribution in [0.4, 0.5) is 10.1 Å². The number of aryl methyl sites for hydroxylation is 1. The van der Waals surface area contributed by atoms with E-state index in [0.29, 0.717) is 16.8 Å². The summed E-state index contributed by atoms with van der Waals surface area (Å²) < 4.78 is 13.3. The number of nitrogens with zero attached hydrogens (tertiary/aromatic N) is 1. The highest BCUT2D eigenvalue weighted by Crippen LogP contribution is 2.18. The maximum Gasteiger partial charge on any atom is 0.258 e. The maximum atomic E-state index is 13.3. The molecule has 0 aliphatic carbocycles. The van der Waals surface area contributed by atoms with Gasteiger partial charge in [-0.05, 0) is 55.5 Å². The first-order chi connectivity index (χ1) is 13.5. The standard InChI is InChI=1S/C23H21FN2O2/c1-17-7-9-19(10-8-17)23(28)26(21-13-11-20(24)12-14-21)16-15-25-22(27)18-5-3-2-4-6-18/h2-14H,15-16H2,1H3,(H,25,27). The number of carbonyl (C=O) groups is 2. The normalized spacial score (nSPS) is 10.4. The summed E-state index contributed by atoms with van der Waals surface area (Å²) in [5, 5.41) is 2.82. The van der Waals surface area contributed by atoms with Gasteiger partial charge in [0.1, 0.15) is 5.82 Å². The SMILES string of the molecule is Cc1ccc(C(=O)N(CCNC(=O)c2ccccc2)c2ccc(F)cc2)cc1. The highest BCUT2D eigenvalue weighted by Gasteiger charge is 2.18. The molecule has 0 spiro atoms. The van der Waals surface area contributed by atoms with Crippen molar-refractivity contribution in [1.29, 1.82) is 0 Å². The molecule has 0 heterocycles. The van der Waals surface area contributed by atoms with Crippen LogP contribution in [0.2, 0.25) is 0 Å². The second-order valence-electron chi connectivity index (χ2n) is 6.42. The lowest BCUT2D eigenvalue weighted by Crippen LogP contribution is -2.38. The second kappa shape index (κ2) is 8.95. The van der Waals surface area contributed by atoms with Crippen LogP contribution >= 0.6 is 0 Å². The number of hydrogen-bond donors (Lipinski definition) is 1. The molecule has 0 aliphatic rings. The molecule has 0 saturated carbocycles. The van der Waals surface area contributed by atoms with Gasteiger partial charge in [-0.1, -0.05) is 35.9 Å². The molecule has 0 saturated heterocycles. The summed E-state index contributed by atoms with van der Waals surface area (Å²) in [6, 6.07) is 21.9. The average Bonchev–Trinajstić information content (AvgIpc) is 2.73. The molecule has 0 aromatic heterocycles. The van der Waals surface area contributed by atoms with Gasteiger partial charge < -0.3 is 10.2 Å². The lowest BCUT2D eigenvalue weighted by Gasteiger charge is -2.23. The minimum Gasteiger partial charge on any atom is -0.350 e. The molecule has 4 nitrogen and oxygen atoms in total. The van der Waals surface area contributed by atoms with Gasteiger partial charge in [0.2, 0.25) is 0 Å². The third kappa shape index (κ3) is 4.82. The Morgan fingerprint density at radius 3 is 2.14 bits per heavy atom. The number of anilines is 1. The molecule has 5 heteroatoms. The van der Waals surface area contributed by atoms with Crippen molar-refractivity contribution in [2.45, 2.75) is 6.92 Å². The summed E-state index contributed by atoms with van der Waals surface area (Å²) in [6.07, 6.45) is 0. The zero-order chi connectivity index (χ0) is 19.9. The van der Waals surface area contributed by atoms with E-state index in [2.05, 4.69) is 5.32 Å². The molecule has 0 aliphatic heterocycles. The summed E-state index contributed by atoms with van der Waals surface area (Å²) in [5.74, 6) is -0.785. The highest BCUT2D eigenvalue weighted by molar-refractivity contribution is 6.06. The Labute approximate surface area is 163 Å². The van der Waals surface area contributed by atoms with Crippen molar-refractivity contribution in [2.24, 2.45) is 0 Å². The minimum absolute atomic E-state index is 0.206. The molecule has 3 aromatic carbocycles. The molecule has 0 radical (unpaired) electrons. The van der Waals surface area contributed by atoms with Crippen LogP contribution in [0, 0.1) is 12.7 Å². The predicted octanol–water partition coefficient (Wildman–Crippen LogP) is 4.21. The van der Waals surface area contributed by atoms with Gasteiger partial charge in [0.25, 0.3) is 11.8 Å². The monoisotopic (exact) mass is 376 g/mol. The Bertz CT molecular complexity index is 939. The van der Waals surface area contributed by atoms with Gasteiger partial charge in [-0.25, -0.2) is 4.39 Å². The number of halogens is 1. The molecular weight excluding hydrogens is 355 g/mol. The Kier molecular flexibility index (Phi) is 6.17. The number of hydrogen-bond acceptors (Lipinski definition) is 2. The third-order valence-corrected chi connectivity index (χ3v) is 4.34. The molecular formula is C23H21FN2O2. The largest absolute Gasteiger partial charge is 0.350 e. The van der Waals surface area contributed by atoms with Crippen molar-refractivity contribution in [3.8, 4) is 0 Å². The lowest BCUT2D eigenvalue weighted by atomic mass is 10.1. The molecule has 3 rings (SSSR count). The molecule has 0 bridgehead atoms. The van der Waals surface area contributed by atoms with Crippen molar-refractivity contribution in [2.75, 3.05) is 18.0 Å². The quantitative estimate of drug-likeness (QED) is 0.701. The minimum atomic E-state index is -0.371. The van der Waals surface area contributed by atoms with E-state index in [1.165, 1.54) is 17.0 Å². The Morgan fingerprint density at radius 2 is 1.50 bits per heavy atom. The van der Waals surface area contributed by atoms with E-state index >= 15 is 0 Å². The summed E-state index contributed by atoms with van der Waals surface area (Å²) in [5.41, 5.74) is 2.71. The van der Waals surface area contributed by atoms with Gasteiger partial charge in [0.15, 0.2) is 0 Å².